The summed E-state index contributed by atoms with van der Waals surface area (Å²) in [6.07, 6.45) is 3.36. The largest absolute Gasteiger partial charge is 0.478 e. The molecule has 5 aromatic rings. The predicted octanol–water partition coefficient (Wildman–Crippen LogP) is 11.0. The number of hydrogen-bond donors (Lipinski definition) is 2. The SMILES string of the molecule is Cc1ccccc1S(=O)(=O)N1C(c2ccc(Cl)cc2)CC=C(C(=O)O)[C@@H]1c1cccc(Cl)c1.Cc1ccccc1S(=O)(=O)N1[C@@H](c2ccc(Cl)cc2)C(C(=O)O)=C[C@H]1C(C)(C)C. The molecule has 1 unspecified atom stereocenters. The maximum absolute atomic E-state index is 14.1. The smallest absolute Gasteiger partial charge is 0.333 e. The highest BCUT2D eigenvalue weighted by Crippen LogP contribution is 2.48. The minimum atomic E-state index is -4.12. The Hall–Kier alpha value is -4.79. The number of halogens is 3. The molecule has 5 aromatic carbocycles. The lowest BCUT2D eigenvalue weighted by atomic mass is 9.87. The van der Waals surface area contributed by atoms with Crippen LogP contribution in [0.3, 0.4) is 0 Å². The first-order valence-electron chi connectivity index (χ1n) is 19.5. The van der Waals surface area contributed by atoms with Gasteiger partial charge in [-0.1, -0.05) is 141 Å². The fraction of sp³-hybridized carbons (Fsp3) is 0.234. The molecule has 2 N–H and O–H groups in total. The Morgan fingerprint density at radius 1 is 0.581 bits per heavy atom. The van der Waals surface area contributed by atoms with Crippen molar-refractivity contribution in [2.75, 3.05) is 0 Å². The third-order valence-electron chi connectivity index (χ3n) is 10.9. The van der Waals surface area contributed by atoms with Crippen molar-refractivity contribution in [2.24, 2.45) is 5.41 Å². The van der Waals surface area contributed by atoms with Crippen LogP contribution in [0.1, 0.15) is 73.1 Å². The summed E-state index contributed by atoms with van der Waals surface area (Å²) in [5.41, 5.74) is 2.45. The maximum Gasteiger partial charge on any atom is 0.333 e. The maximum atomic E-state index is 14.1. The fourth-order valence-corrected chi connectivity index (χ4v) is 12.5. The van der Waals surface area contributed by atoms with Gasteiger partial charge in [-0.05, 0) is 102 Å². The van der Waals surface area contributed by atoms with Crippen molar-refractivity contribution in [1.29, 1.82) is 0 Å². The minimum Gasteiger partial charge on any atom is -0.478 e. The number of carbonyl (C=O) groups is 2. The van der Waals surface area contributed by atoms with Gasteiger partial charge >= 0.3 is 11.9 Å². The molecule has 2 heterocycles. The predicted molar refractivity (Wildman–Crippen MR) is 242 cm³/mol. The Balaban J connectivity index is 0.000000209. The van der Waals surface area contributed by atoms with E-state index in [4.69, 9.17) is 34.8 Å². The molecule has 0 bridgehead atoms. The Kier molecular flexibility index (Phi) is 13.9. The van der Waals surface area contributed by atoms with E-state index in [1.807, 2.05) is 20.8 Å². The molecule has 0 saturated carbocycles. The van der Waals surface area contributed by atoms with Gasteiger partial charge in [-0.2, -0.15) is 8.61 Å². The average molecular weight is 936 g/mol. The molecule has 4 atom stereocenters. The molecule has 62 heavy (non-hydrogen) atoms. The summed E-state index contributed by atoms with van der Waals surface area (Å²) in [4.78, 5) is 24.6. The van der Waals surface area contributed by atoms with Crippen LogP contribution in [0.5, 0.6) is 0 Å². The van der Waals surface area contributed by atoms with E-state index >= 15 is 0 Å². The number of aliphatic carboxylic acids is 2. The summed E-state index contributed by atoms with van der Waals surface area (Å²) in [6, 6.07) is 30.3. The van der Waals surface area contributed by atoms with E-state index < -0.39 is 61.6 Å². The molecule has 0 aromatic heterocycles. The third-order valence-corrected chi connectivity index (χ3v) is 15.6. The Bertz CT molecular complexity index is 2790. The van der Waals surface area contributed by atoms with Crippen LogP contribution in [0.15, 0.2) is 154 Å². The van der Waals surface area contributed by atoms with Crippen LogP contribution in [-0.2, 0) is 29.6 Å². The fourth-order valence-electron chi connectivity index (χ4n) is 7.88. The molecular weight excluding hydrogens is 891 g/mol. The van der Waals surface area contributed by atoms with Gasteiger partial charge in [0.1, 0.15) is 0 Å². The summed E-state index contributed by atoms with van der Waals surface area (Å²) < 4.78 is 58.5. The van der Waals surface area contributed by atoms with Gasteiger partial charge in [-0.15, -0.1) is 0 Å². The van der Waals surface area contributed by atoms with Crippen LogP contribution in [-0.4, -0.2) is 53.6 Å². The van der Waals surface area contributed by atoms with Crippen LogP contribution in [0.25, 0.3) is 0 Å². The number of aryl methyl sites for hydroxylation is 2. The van der Waals surface area contributed by atoms with Crippen LogP contribution < -0.4 is 0 Å². The molecule has 10 nitrogen and oxygen atoms in total. The number of carboxylic acid groups (broad SMARTS) is 2. The van der Waals surface area contributed by atoms with Gasteiger partial charge < -0.3 is 10.2 Å². The first kappa shape index (κ1) is 46.7. The Morgan fingerprint density at radius 3 is 1.52 bits per heavy atom. The van der Waals surface area contributed by atoms with Crippen molar-refractivity contribution in [3.8, 4) is 0 Å². The molecule has 2 aliphatic heterocycles. The number of hydrogen-bond acceptors (Lipinski definition) is 6. The second-order valence-corrected chi connectivity index (χ2v) is 21.1. The van der Waals surface area contributed by atoms with Gasteiger partial charge in [0.05, 0.1) is 39.1 Å². The van der Waals surface area contributed by atoms with Crippen LogP contribution in [0, 0.1) is 19.3 Å². The average Bonchev–Trinajstić information content (AvgIpc) is 3.65. The summed E-state index contributed by atoms with van der Waals surface area (Å²) in [5, 5.41) is 21.3. The second kappa shape index (κ2) is 18.5. The van der Waals surface area contributed by atoms with Crippen molar-refractivity contribution >= 4 is 66.8 Å². The van der Waals surface area contributed by atoms with Crippen molar-refractivity contribution < 1.29 is 36.6 Å². The molecule has 0 saturated heterocycles. The normalized spacial score (nSPS) is 19.8. The lowest BCUT2D eigenvalue weighted by Crippen LogP contribution is -2.45. The van der Waals surface area contributed by atoms with Crippen molar-refractivity contribution in [3.05, 3.63) is 188 Å². The summed E-state index contributed by atoms with van der Waals surface area (Å²) in [6.45, 7) is 9.16. The van der Waals surface area contributed by atoms with Crippen LogP contribution in [0.4, 0.5) is 0 Å². The molecule has 7 rings (SSSR count). The van der Waals surface area contributed by atoms with Crippen molar-refractivity contribution in [1.82, 2.24) is 8.61 Å². The molecular formula is C47H45Cl3N2O8S2. The first-order chi connectivity index (χ1) is 29.1. The third kappa shape index (κ3) is 9.57. The topological polar surface area (TPSA) is 149 Å². The van der Waals surface area contributed by atoms with Gasteiger partial charge in [-0.3, -0.25) is 0 Å². The zero-order valence-electron chi connectivity index (χ0n) is 34.4. The van der Waals surface area contributed by atoms with Gasteiger partial charge in [0.15, 0.2) is 0 Å². The number of rotatable bonds is 9. The number of benzene rings is 5. The number of nitrogens with zero attached hydrogens (tertiary/aromatic N) is 2. The Morgan fingerprint density at radius 2 is 1.05 bits per heavy atom. The van der Waals surface area contributed by atoms with Gasteiger partial charge in [0, 0.05) is 21.1 Å². The molecule has 2 aliphatic rings. The zero-order chi connectivity index (χ0) is 45.3. The van der Waals surface area contributed by atoms with E-state index in [1.54, 1.807) is 141 Å². The number of sulfonamides is 2. The second-order valence-electron chi connectivity index (χ2n) is 16.1. The van der Waals surface area contributed by atoms with E-state index in [9.17, 15) is 36.6 Å². The van der Waals surface area contributed by atoms with Crippen molar-refractivity contribution in [2.45, 2.75) is 75.0 Å². The number of carboxylic acids is 2. The molecule has 0 aliphatic carbocycles. The van der Waals surface area contributed by atoms with Gasteiger partial charge in [0.25, 0.3) is 0 Å². The zero-order valence-corrected chi connectivity index (χ0v) is 38.3. The van der Waals surface area contributed by atoms with E-state index in [0.717, 1.165) is 0 Å². The van der Waals surface area contributed by atoms with E-state index in [2.05, 4.69) is 0 Å². The highest BCUT2D eigenvalue weighted by molar-refractivity contribution is 7.89. The lowest BCUT2D eigenvalue weighted by Gasteiger charge is -2.41. The summed E-state index contributed by atoms with van der Waals surface area (Å²) in [7, 11) is -8.11. The molecule has 0 fully saturated rings. The molecule has 15 heteroatoms. The standard InChI is InChI=1S/C25H21Cl2NO4S.C22H24ClNO4S/c1-16-5-2-3-8-23(16)33(31,32)28-22(17-9-11-19(26)12-10-17)14-13-21(25(29)30)24(28)18-6-4-7-20(27)15-18;1-14-7-5-6-8-18(14)29(27,28)24-19(22(2,3)4)13-17(21(25)26)20(24)15-9-11-16(23)12-10-15/h2-13,15,22,24H,14H2,1H3,(H,29,30);5-13,19-20H,1-4H3,(H,25,26)/t22?,24-;19-,20-/m00/s1. The van der Waals surface area contributed by atoms with E-state index in [1.165, 1.54) is 14.7 Å². The highest BCUT2D eigenvalue weighted by Gasteiger charge is 2.50. The van der Waals surface area contributed by atoms with Crippen LogP contribution in [0.2, 0.25) is 15.1 Å². The van der Waals surface area contributed by atoms with E-state index in [0.29, 0.717) is 42.9 Å². The molecule has 0 radical (unpaired) electrons. The monoisotopic (exact) mass is 934 g/mol. The van der Waals surface area contributed by atoms with Crippen molar-refractivity contribution in [3.63, 3.8) is 0 Å². The van der Waals surface area contributed by atoms with Gasteiger partial charge in [0.2, 0.25) is 20.0 Å². The summed E-state index contributed by atoms with van der Waals surface area (Å²) in [5.74, 6) is -2.32. The molecule has 324 valence electrons. The minimum absolute atomic E-state index is 0.0142. The Labute approximate surface area is 377 Å². The molecule has 0 amide bonds. The first-order valence-corrected chi connectivity index (χ1v) is 23.5. The van der Waals surface area contributed by atoms with Crippen LogP contribution >= 0.6 is 34.8 Å². The molecule has 0 spiro atoms. The van der Waals surface area contributed by atoms with E-state index in [-0.39, 0.29) is 27.4 Å². The van der Waals surface area contributed by atoms with Gasteiger partial charge in [-0.25, -0.2) is 26.4 Å². The lowest BCUT2D eigenvalue weighted by molar-refractivity contribution is -0.134. The highest BCUT2D eigenvalue weighted by atomic mass is 35.5. The quantitative estimate of drug-likeness (QED) is 0.148. The summed E-state index contributed by atoms with van der Waals surface area (Å²) >= 11 is 18.3.